The summed E-state index contributed by atoms with van der Waals surface area (Å²) in [6, 6.07) is 16.8. The van der Waals surface area contributed by atoms with Crippen LogP contribution in [0.2, 0.25) is 0 Å². The molecule has 1 amide bonds. The maximum atomic E-state index is 12.1. The van der Waals surface area contributed by atoms with Crippen LogP contribution >= 0.6 is 11.8 Å². The molecular weight excluding hydrogens is 392 g/mol. The minimum absolute atomic E-state index is 0.0105. The third kappa shape index (κ3) is 5.30. The van der Waals surface area contributed by atoms with Gasteiger partial charge in [-0.05, 0) is 36.5 Å². The number of carbonyl (C=O) groups excluding carboxylic acids is 1. The van der Waals surface area contributed by atoms with Crippen molar-refractivity contribution in [2.24, 2.45) is 0 Å². The molecule has 0 saturated heterocycles. The van der Waals surface area contributed by atoms with Gasteiger partial charge in [0.15, 0.2) is 11.0 Å². The molecule has 0 aliphatic rings. The molecule has 158 valence electrons. The summed E-state index contributed by atoms with van der Waals surface area (Å²) in [5.74, 6) is 1.10. The van der Waals surface area contributed by atoms with E-state index in [1.807, 2.05) is 11.5 Å². The lowest BCUT2D eigenvalue weighted by atomic mass is 9.87. The molecule has 3 aromatic rings. The Bertz CT molecular complexity index is 986. The second-order valence-corrected chi connectivity index (χ2v) is 9.39. The summed E-state index contributed by atoms with van der Waals surface area (Å²) in [4.78, 5) is 12.1. The van der Waals surface area contributed by atoms with E-state index in [0.29, 0.717) is 17.5 Å². The predicted octanol–water partition coefficient (Wildman–Crippen LogP) is 5.16. The Kier molecular flexibility index (Phi) is 6.98. The maximum absolute atomic E-state index is 12.1. The van der Waals surface area contributed by atoms with Crippen molar-refractivity contribution in [3.05, 3.63) is 59.7 Å². The quantitative estimate of drug-likeness (QED) is 0.534. The number of nitrogens with zero attached hydrogens (tertiary/aromatic N) is 3. The Labute approximate surface area is 183 Å². The molecule has 0 atom stereocenters. The van der Waals surface area contributed by atoms with E-state index in [4.69, 9.17) is 0 Å². The highest BCUT2D eigenvalue weighted by atomic mass is 32.2. The van der Waals surface area contributed by atoms with Crippen molar-refractivity contribution in [2.75, 3.05) is 12.3 Å². The van der Waals surface area contributed by atoms with Crippen molar-refractivity contribution >= 4 is 17.7 Å². The number of aromatic nitrogens is 3. The van der Waals surface area contributed by atoms with Gasteiger partial charge in [-0.15, -0.1) is 10.2 Å². The maximum Gasteiger partial charge on any atom is 0.230 e. The van der Waals surface area contributed by atoms with Crippen molar-refractivity contribution < 1.29 is 4.79 Å². The number of amides is 1. The van der Waals surface area contributed by atoms with Crippen molar-refractivity contribution in [1.82, 2.24) is 20.1 Å². The first-order valence-corrected chi connectivity index (χ1v) is 11.3. The number of hydrogen-bond donors (Lipinski definition) is 1. The van der Waals surface area contributed by atoms with Crippen LogP contribution in [0.1, 0.15) is 45.2 Å². The van der Waals surface area contributed by atoms with E-state index < -0.39 is 0 Å². The number of hydrogen-bond acceptors (Lipinski definition) is 4. The molecule has 0 aliphatic carbocycles. The third-order valence-electron chi connectivity index (χ3n) is 4.84. The highest BCUT2D eigenvalue weighted by Gasteiger charge is 2.19. The van der Waals surface area contributed by atoms with Crippen molar-refractivity contribution in [3.63, 3.8) is 0 Å². The molecule has 5 nitrogen and oxygen atoms in total. The Hall–Kier alpha value is -2.60. The molecular formula is C24H30N4OS. The first-order valence-electron chi connectivity index (χ1n) is 10.3. The van der Waals surface area contributed by atoms with E-state index in [1.54, 1.807) is 0 Å². The van der Waals surface area contributed by atoms with Crippen LogP contribution in [-0.4, -0.2) is 33.0 Å². The fourth-order valence-electron chi connectivity index (χ4n) is 3.04. The Morgan fingerprint density at radius 1 is 1.03 bits per heavy atom. The average Bonchev–Trinajstić information content (AvgIpc) is 3.14. The fraction of sp³-hybridized carbons (Fsp3) is 0.375. The standard InChI is InChI=1S/C24H30N4OS/c1-6-15-25-21(29)16-30-23-27-26-22(28(23)20-13-7-17(2)8-14-20)18-9-11-19(12-10-18)24(3,4)5/h7-14H,6,15-16H2,1-5H3,(H,25,29). The molecule has 2 aromatic carbocycles. The fourth-order valence-corrected chi connectivity index (χ4v) is 3.82. The summed E-state index contributed by atoms with van der Waals surface area (Å²) in [6.45, 7) is 11.4. The molecule has 0 bridgehead atoms. The van der Waals surface area contributed by atoms with Crippen LogP contribution in [-0.2, 0) is 10.2 Å². The van der Waals surface area contributed by atoms with Crippen molar-refractivity contribution in [2.45, 2.75) is 51.6 Å². The molecule has 0 fully saturated rings. The van der Waals surface area contributed by atoms with Crippen LogP contribution in [0.5, 0.6) is 0 Å². The minimum atomic E-state index is 0.0105. The number of carbonyl (C=O) groups is 1. The van der Waals surface area contributed by atoms with Gasteiger partial charge in [0.25, 0.3) is 0 Å². The van der Waals surface area contributed by atoms with E-state index in [2.05, 4.69) is 91.7 Å². The summed E-state index contributed by atoms with van der Waals surface area (Å²) >= 11 is 1.40. The zero-order chi connectivity index (χ0) is 21.7. The van der Waals surface area contributed by atoms with Gasteiger partial charge in [-0.1, -0.05) is 81.4 Å². The smallest absolute Gasteiger partial charge is 0.230 e. The molecule has 1 heterocycles. The van der Waals surface area contributed by atoms with E-state index in [0.717, 1.165) is 23.5 Å². The largest absolute Gasteiger partial charge is 0.355 e. The van der Waals surface area contributed by atoms with Gasteiger partial charge in [0.2, 0.25) is 5.91 Å². The topological polar surface area (TPSA) is 59.8 Å². The molecule has 3 rings (SSSR count). The van der Waals surface area contributed by atoms with Crippen LogP contribution in [0.25, 0.3) is 17.1 Å². The first kappa shape index (κ1) is 22.1. The minimum Gasteiger partial charge on any atom is -0.355 e. The van der Waals surface area contributed by atoms with Gasteiger partial charge in [-0.3, -0.25) is 9.36 Å². The SMILES string of the molecule is CCCNC(=O)CSc1nnc(-c2ccc(C(C)(C)C)cc2)n1-c1ccc(C)cc1. The van der Waals surface area contributed by atoms with Crippen LogP contribution in [0.4, 0.5) is 0 Å². The van der Waals surface area contributed by atoms with Crippen molar-refractivity contribution in [3.8, 4) is 17.1 Å². The van der Waals surface area contributed by atoms with E-state index >= 15 is 0 Å². The number of rotatable bonds is 7. The lowest BCUT2D eigenvalue weighted by Gasteiger charge is -2.19. The van der Waals surface area contributed by atoms with E-state index in [-0.39, 0.29) is 11.3 Å². The lowest BCUT2D eigenvalue weighted by molar-refractivity contribution is -0.118. The van der Waals surface area contributed by atoms with Gasteiger partial charge in [0.1, 0.15) is 0 Å². The monoisotopic (exact) mass is 422 g/mol. The summed E-state index contributed by atoms with van der Waals surface area (Å²) < 4.78 is 2.03. The van der Waals surface area contributed by atoms with E-state index in [9.17, 15) is 4.79 Å². The number of nitrogens with one attached hydrogen (secondary N) is 1. The molecule has 0 saturated carbocycles. The second-order valence-electron chi connectivity index (χ2n) is 8.44. The van der Waals surface area contributed by atoms with Gasteiger partial charge in [-0.25, -0.2) is 0 Å². The average molecular weight is 423 g/mol. The van der Waals surface area contributed by atoms with Crippen LogP contribution in [0.15, 0.2) is 53.7 Å². The summed E-state index contributed by atoms with van der Waals surface area (Å²) in [6.07, 6.45) is 0.921. The molecule has 6 heteroatoms. The van der Waals surface area contributed by atoms with Gasteiger partial charge in [0, 0.05) is 17.8 Å². The number of thioether (sulfide) groups is 1. The Balaban J connectivity index is 1.96. The molecule has 30 heavy (non-hydrogen) atoms. The molecule has 0 aliphatic heterocycles. The van der Waals surface area contributed by atoms with Gasteiger partial charge in [0.05, 0.1) is 5.75 Å². The zero-order valence-electron chi connectivity index (χ0n) is 18.4. The molecule has 0 radical (unpaired) electrons. The van der Waals surface area contributed by atoms with Gasteiger partial charge >= 0.3 is 0 Å². The predicted molar refractivity (Wildman–Crippen MR) is 124 cm³/mol. The number of aryl methyl sites for hydroxylation is 1. The molecule has 1 N–H and O–H groups in total. The molecule has 0 unspecified atom stereocenters. The summed E-state index contributed by atoms with van der Waals surface area (Å²) in [7, 11) is 0. The van der Waals surface area contributed by atoms with Crippen LogP contribution in [0, 0.1) is 6.92 Å². The van der Waals surface area contributed by atoms with Crippen LogP contribution < -0.4 is 5.32 Å². The van der Waals surface area contributed by atoms with Gasteiger partial charge in [-0.2, -0.15) is 0 Å². The van der Waals surface area contributed by atoms with Gasteiger partial charge < -0.3 is 5.32 Å². The highest BCUT2D eigenvalue weighted by molar-refractivity contribution is 7.99. The van der Waals surface area contributed by atoms with Crippen molar-refractivity contribution in [1.29, 1.82) is 0 Å². The summed E-state index contributed by atoms with van der Waals surface area (Å²) in [5.41, 5.74) is 4.54. The summed E-state index contributed by atoms with van der Waals surface area (Å²) in [5, 5.41) is 12.5. The zero-order valence-corrected chi connectivity index (χ0v) is 19.2. The normalized spacial score (nSPS) is 11.5. The van der Waals surface area contributed by atoms with Crippen LogP contribution in [0.3, 0.4) is 0 Å². The number of benzene rings is 2. The lowest BCUT2D eigenvalue weighted by Crippen LogP contribution is -2.25. The van der Waals surface area contributed by atoms with E-state index in [1.165, 1.54) is 22.9 Å². The Morgan fingerprint density at radius 3 is 2.30 bits per heavy atom. The molecule has 0 spiro atoms. The third-order valence-corrected chi connectivity index (χ3v) is 5.77. The second kappa shape index (κ2) is 9.47. The Morgan fingerprint density at radius 2 is 1.70 bits per heavy atom. The highest BCUT2D eigenvalue weighted by Crippen LogP contribution is 2.30. The first-order chi connectivity index (χ1) is 14.3. The molecule has 1 aromatic heterocycles.